The molecule has 0 aliphatic rings. The van der Waals surface area contributed by atoms with E-state index in [2.05, 4.69) is 5.32 Å². The lowest BCUT2D eigenvalue weighted by molar-refractivity contribution is -0.385. The van der Waals surface area contributed by atoms with Crippen LogP contribution in [0, 0.1) is 16.0 Å². The third-order valence-electron chi connectivity index (χ3n) is 2.92. The van der Waals surface area contributed by atoms with Crippen LogP contribution < -0.4 is 11.1 Å². The van der Waals surface area contributed by atoms with Crippen molar-refractivity contribution in [2.45, 2.75) is 19.9 Å². The number of carbonyl (C=O) groups excluding carboxylic acids is 1. The number of carbonyl (C=O) groups is 1. The maximum atomic E-state index is 11.6. The van der Waals surface area contributed by atoms with Gasteiger partial charge in [0.15, 0.2) is 0 Å². The molecule has 1 aromatic carbocycles. The molecule has 0 spiro atoms. The zero-order valence-electron chi connectivity index (χ0n) is 11.6. The van der Waals surface area contributed by atoms with E-state index in [0.29, 0.717) is 12.1 Å². The quantitative estimate of drug-likeness (QED) is 0.470. The Labute approximate surface area is 117 Å². The lowest BCUT2D eigenvalue weighted by Gasteiger charge is -2.15. The fraction of sp³-hybridized carbons (Fsp3) is 0.357. The number of benzene rings is 1. The summed E-state index contributed by atoms with van der Waals surface area (Å²) in [4.78, 5) is 21.9. The van der Waals surface area contributed by atoms with E-state index in [-0.39, 0.29) is 23.6 Å². The molecular formula is C14H19N3O3. The minimum absolute atomic E-state index is 0.0320. The SMILES string of the molecule is CC(C)C(N)CNC(=O)C=Cc1ccccc1[N+](=O)[O-]. The summed E-state index contributed by atoms with van der Waals surface area (Å²) in [5.74, 6) is -0.0475. The van der Waals surface area contributed by atoms with Gasteiger partial charge in [-0.15, -0.1) is 0 Å². The van der Waals surface area contributed by atoms with Crippen molar-refractivity contribution in [1.29, 1.82) is 0 Å². The van der Waals surface area contributed by atoms with E-state index < -0.39 is 4.92 Å². The smallest absolute Gasteiger partial charge is 0.276 e. The first-order valence-electron chi connectivity index (χ1n) is 6.36. The number of nitrogens with zero attached hydrogens (tertiary/aromatic N) is 1. The highest BCUT2D eigenvalue weighted by Gasteiger charge is 2.10. The Hall–Kier alpha value is -2.21. The third-order valence-corrected chi connectivity index (χ3v) is 2.92. The number of nitrogens with one attached hydrogen (secondary N) is 1. The first-order valence-corrected chi connectivity index (χ1v) is 6.36. The molecule has 108 valence electrons. The number of nitro groups is 1. The van der Waals surface area contributed by atoms with Gasteiger partial charge in [0.1, 0.15) is 0 Å². The van der Waals surface area contributed by atoms with E-state index in [4.69, 9.17) is 5.73 Å². The molecular weight excluding hydrogens is 258 g/mol. The second kappa shape index (κ2) is 7.40. The van der Waals surface area contributed by atoms with E-state index in [1.165, 1.54) is 18.2 Å². The van der Waals surface area contributed by atoms with Crippen LogP contribution in [-0.4, -0.2) is 23.4 Å². The molecule has 1 amide bonds. The van der Waals surface area contributed by atoms with Crippen LogP contribution in [0.5, 0.6) is 0 Å². The molecule has 1 rings (SSSR count). The van der Waals surface area contributed by atoms with Crippen molar-refractivity contribution in [3.05, 3.63) is 46.0 Å². The van der Waals surface area contributed by atoms with Gasteiger partial charge >= 0.3 is 0 Å². The average Bonchev–Trinajstić information content (AvgIpc) is 2.42. The van der Waals surface area contributed by atoms with Crippen molar-refractivity contribution < 1.29 is 9.72 Å². The van der Waals surface area contributed by atoms with Crippen molar-refractivity contribution in [2.75, 3.05) is 6.54 Å². The highest BCUT2D eigenvalue weighted by atomic mass is 16.6. The van der Waals surface area contributed by atoms with Gasteiger partial charge < -0.3 is 11.1 Å². The van der Waals surface area contributed by atoms with Crippen LogP contribution in [0.15, 0.2) is 30.3 Å². The van der Waals surface area contributed by atoms with Crippen LogP contribution in [0.3, 0.4) is 0 Å². The Balaban J connectivity index is 2.64. The van der Waals surface area contributed by atoms with Gasteiger partial charge in [-0.25, -0.2) is 0 Å². The van der Waals surface area contributed by atoms with Gasteiger partial charge in [0.05, 0.1) is 10.5 Å². The Bertz CT molecular complexity index is 512. The second-order valence-corrected chi connectivity index (χ2v) is 4.80. The third kappa shape index (κ3) is 4.81. The van der Waals surface area contributed by atoms with Crippen LogP contribution in [0.25, 0.3) is 6.08 Å². The number of amides is 1. The largest absolute Gasteiger partial charge is 0.351 e. The first kappa shape index (κ1) is 15.8. The minimum atomic E-state index is -0.480. The van der Waals surface area contributed by atoms with Gasteiger partial charge in [-0.3, -0.25) is 14.9 Å². The van der Waals surface area contributed by atoms with Crippen molar-refractivity contribution in [2.24, 2.45) is 11.7 Å². The molecule has 0 heterocycles. The summed E-state index contributed by atoms with van der Waals surface area (Å²) in [5.41, 5.74) is 6.17. The fourth-order valence-corrected chi connectivity index (χ4v) is 1.47. The van der Waals surface area contributed by atoms with Gasteiger partial charge in [0, 0.05) is 24.7 Å². The van der Waals surface area contributed by atoms with Crippen molar-refractivity contribution >= 4 is 17.7 Å². The predicted molar refractivity (Wildman–Crippen MR) is 78.0 cm³/mol. The molecule has 6 nitrogen and oxygen atoms in total. The van der Waals surface area contributed by atoms with E-state index in [9.17, 15) is 14.9 Å². The summed E-state index contributed by atoms with van der Waals surface area (Å²) >= 11 is 0. The summed E-state index contributed by atoms with van der Waals surface area (Å²) in [6, 6.07) is 6.13. The lowest BCUT2D eigenvalue weighted by Crippen LogP contribution is -2.39. The normalized spacial score (nSPS) is 12.6. The molecule has 1 atom stereocenters. The predicted octanol–water partition coefficient (Wildman–Crippen LogP) is 1.71. The van der Waals surface area contributed by atoms with Crippen LogP contribution >= 0.6 is 0 Å². The number of nitrogens with two attached hydrogens (primary N) is 1. The molecule has 3 N–H and O–H groups in total. The summed E-state index contributed by atoms with van der Waals surface area (Å²) in [6.45, 7) is 4.32. The maximum Gasteiger partial charge on any atom is 0.276 e. The Morgan fingerprint density at radius 2 is 2.10 bits per heavy atom. The molecule has 1 unspecified atom stereocenters. The number of para-hydroxylation sites is 1. The van der Waals surface area contributed by atoms with Crippen LogP contribution in [0.1, 0.15) is 19.4 Å². The Kier molecular flexibility index (Phi) is 5.86. The Morgan fingerprint density at radius 3 is 2.70 bits per heavy atom. The lowest BCUT2D eigenvalue weighted by atomic mass is 10.1. The second-order valence-electron chi connectivity index (χ2n) is 4.80. The van der Waals surface area contributed by atoms with Gasteiger partial charge in [-0.1, -0.05) is 26.0 Å². The van der Waals surface area contributed by atoms with Gasteiger partial charge in [-0.05, 0) is 18.1 Å². The zero-order valence-corrected chi connectivity index (χ0v) is 11.6. The summed E-state index contributed by atoms with van der Waals surface area (Å²) < 4.78 is 0. The first-order chi connectivity index (χ1) is 9.41. The number of rotatable bonds is 6. The zero-order chi connectivity index (χ0) is 15.1. The number of nitro benzene ring substituents is 1. The molecule has 0 bridgehead atoms. The molecule has 0 fully saturated rings. The van der Waals surface area contributed by atoms with Gasteiger partial charge in [-0.2, -0.15) is 0 Å². The van der Waals surface area contributed by atoms with E-state index in [0.717, 1.165) is 0 Å². The van der Waals surface area contributed by atoms with Gasteiger partial charge in [0.25, 0.3) is 5.69 Å². The topological polar surface area (TPSA) is 98.3 Å². The molecule has 0 saturated heterocycles. The van der Waals surface area contributed by atoms with Crippen molar-refractivity contribution in [1.82, 2.24) is 5.32 Å². The van der Waals surface area contributed by atoms with Crippen LogP contribution in [0.2, 0.25) is 0 Å². The highest BCUT2D eigenvalue weighted by molar-refractivity contribution is 5.92. The van der Waals surface area contributed by atoms with E-state index >= 15 is 0 Å². The monoisotopic (exact) mass is 277 g/mol. The molecule has 0 aliphatic heterocycles. The summed E-state index contributed by atoms with van der Waals surface area (Å²) in [5, 5.41) is 13.5. The van der Waals surface area contributed by atoms with Crippen LogP contribution in [-0.2, 0) is 4.79 Å². The maximum absolute atomic E-state index is 11.6. The number of hydrogen-bond acceptors (Lipinski definition) is 4. The van der Waals surface area contributed by atoms with Crippen molar-refractivity contribution in [3.63, 3.8) is 0 Å². The van der Waals surface area contributed by atoms with Gasteiger partial charge in [0.2, 0.25) is 5.91 Å². The van der Waals surface area contributed by atoms with Crippen LogP contribution in [0.4, 0.5) is 5.69 Å². The molecule has 6 heteroatoms. The standard InChI is InChI=1S/C14H19N3O3/c1-10(2)12(15)9-16-14(18)8-7-11-5-3-4-6-13(11)17(19)20/h3-8,10,12H,9,15H2,1-2H3,(H,16,18). The molecule has 20 heavy (non-hydrogen) atoms. The minimum Gasteiger partial charge on any atom is -0.351 e. The molecule has 0 saturated carbocycles. The molecule has 0 aliphatic carbocycles. The Morgan fingerprint density at radius 1 is 1.45 bits per heavy atom. The van der Waals surface area contributed by atoms with E-state index in [1.807, 2.05) is 13.8 Å². The highest BCUT2D eigenvalue weighted by Crippen LogP contribution is 2.18. The molecule has 0 aromatic heterocycles. The number of hydrogen-bond donors (Lipinski definition) is 2. The summed E-state index contributed by atoms with van der Waals surface area (Å²) in [6.07, 6.45) is 2.70. The van der Waals surface area contributed by atoms with Crippen molar-refractivity contribution in [3.8, 4) is 0 Å². The van der Waals surface area contributed by atoms with E-state index in [1.54, 1.807) is 18.2 Å². The fourth-order valence-electron chi connectivity index (χ4n) is 1.47. The molecule has 1 aromatic rings. The summed E-state index contributed by atoms with van der Waals surface area (Å²) in [7, 11) is 0. The average molecular weight is 277 g/mol. The molecule has 0 radical (unpaired) electrons.